The van der Waals surface area contributed by atoms with E-state index in [1.165, 1.54) is 0 Å². The number of ether oxygens (including phenoxy) is 2. The summed E-state index contributed by atoms with van der Waals surface area (Å²) in [6, 6.07) is -0.576. The Morgan fingerprint density at radius 1 is 1.53 bits per heavy atom. The number of nitrogens with one attached hydrogen (secondary N) is 1. The zero-order chi connectivity index (χ0) is 14.1. The summed E-state index contributed by atoms with van der Waals surface area (Å²) in [5.41, 5.74) is 0. The molecule has 1 aliphatic rings. The van der Waals surface area contributed by atoms with E-state index < -0.39 is 18.1 Å². The van der Waals surface area contributed by atoms with Gasteiger partial charge in [-0.2, -0.15) is 0 Å². The largest absolute Gasteiger partial charge is 0.461 e. The van der Waals surface area contributed by atoms with Gasteiger partial charge in [-0.05, 0) is 12.8 Å². The first-order chi connectivity index (χ1) is 9.13. The van der Waals surface area contributed by atoms with Gasteiger partial charge in [-0.3, -0.25) is 4.79 Å². The number of carbonyl (C=O) groups is 2. The average molecular weight is 271 g/mol. The standard InChI is InChI=1S/C13H21NO5/c1-2-3-4-7-18-8-10(15)9-19-13(17)11-5-6-12(16)14-11/h3-4,10-11,15H,2,5-9H2,1H3,(H,14,16). The molecule has 6 nitrogen and oxygen atoms in total. The average Bonchev–Trinajstić information content (AvgIpc) is 2.82. The van der Waals surface area contributed by atoms with Crippen molar-refractivity contribution in [1.82, 2.24) is 5.32 Å². The predicted molar refractivity (Wildman–Crippen MR) is 68.4 cm³/mol. The monoisotopic (exact) mass is 271 g/mol. The van der Waals surface area contributed by atoms with E-state index in [1.54, 1.807) is 0 Å². The Kier molecular flexibility index (Phi) is 7.14. The molecular formula is C13H21NO5. The lowest BCUT2D eigenvalue weighted by Crippen LogP contribution is -2.36. The molecule has 2 unspecified atom stereocenters. The highest BCUT2D eigenvalue weighted by molar-refractivity contribution is 5.88. The molecule has 19 heavy (non-hydrogen) atoms. The highest BCUT2D eigenvalue weighted by atomic mass is 16.5. The van der Waals surface area contributed by atoms with E-state index >= 15 is 0 Å². The van der Waals surface area contributed by atoms with Gasteiger partial charge in [-0.15, -0.1) is 0 Å². The molecule has 1 saturated heterocycles. The molecule has 1 rings (SSSR count). The summed E-state index contributed by atoms with van der Waals surface area (Å²) >= 11 is 0. The Balaban J connectivity index is 2.09. The topological polar surface area (TPSA) is 84.9 Å². The normalized spacial score (nSPS) is 20.5. The zero-order valence-corrected chi connectivity index (χ0v) is 11.1. The van der Waals surface area contributed by atoms with Crippen molar-refractivity contribution >= 4 is 11.9 Å². The molecule has 108 valence electrons. The first kappa shape index (κ1) is 15.7. The van der Waals surface area contributed by atoms with E-state index in [-0.39, 0.29) is 19.1 Å². The first-order valence-corrected chi connectivity index (χ1v) is 6.50. The van der Waals surface area contributed by atoms with Gasteiger partial charge >= 0.3 is 5.97 Å². The maximum atomic E-state index is 11.5. The number of esters is 1. The molecule has 0 aromatic carbocycles. The van der Waals surface area contributed by atoms with E-state index in [4.69, 9.17) is 9.47 Å². The summed E-state index contributed by atoms with van der Waals surface area (Å²) in [5.74, 6) is -0.649. The fourth-order valence-electron chi connectivity index (χ4n) is 1.62. The third kappa shape index (κ3) is 6.35. The summed E-state index contributed by atoms with van der Waals surface area (Å²) in [5, 5.41) is 12.0. The van der Waals surface area contributed by atoms with Crippen LogP contribution in [0.5, 0.6) is 0 Å². The number of hydrogen-bond acceptors (Lipinski definition) is 5. The van der Waals surface area contributed by atoms with Crippen LogP contribution < -0.4 is 5.32 Å². The van der Waals surface area contributed by atoms with Gasteiger partial charge in [0.05, 0.1) is 13.2 Å². The summed E-state index contributed by atoms with van der Waals surface area (Å²) in [7, 11) is 0. The molecular weight excluding hydrogens is 250 g/mol. The summed E-state index contributed by atoms with van der Waals surface area (Å²) < 4.78 is 10.1. The second-order valence-electron chi connectivity index (χ2n) is 4.36. The Labute approximate surface area is 112 Å². The van der Waals surface area contributed by atoms with Crippen LogP contribution in [0.25, 0.3) is 0 Å². The molecule has 0 aromatic rings. The lowest BCUT2D eigenvalue weighted by Gasteiger charge is -2.13. The van der Waals surface area contributed by atoms with Crippen molar-refractivity contribution in [3.8, 4) is 0 Å². The number of allylic oxidation sites excluding steroid dienone is 1. The number of rotatable bonds is 8. The van der Waals surface area contributed by atoms with Crippen molar-refractivity contribution in [2.75, 3.05) is 19.8 Å². The molecule has 2 atom stereocenters. The van der Waals surface area contributed by atoms with Gasteiger partial charge in [0.2, 0.25) is 5.91 Å². The molecule has 0 bridgehead atoms. The second-order valence-corrected chi connectivity index (χ2v) is 4.36. The maximum absolute atomic E-state index is 11.5. The van der Waals surface area contributed by atoms with Crippen LogP contribution in [0, 0.1) is 0 Å². The Hall–Kier alpha value is -1.40. The van der Waals surface area contributed by atoms with Crippen molar-refractivity contribution in [3.05, 3.63) is 12.2 Å². The number of hydrogen-bond donors (Lipinski definition) is 2. The van der Waals surface area contributed by atoms with Crippen LogP contribution in [-0.2, 0) is 19.1 Å². The summed E-state index contributed by atoms with van der Waals surface area (Å²) in [4.78, 5) is 22.4. The Bertz CT molecular complexity index is 329. The first-order valence-electron chi connectivity index (χ1n) is 6.50. The smallest absolute Gasteiger partial charge is 0.328 e. The molecule has 1 amide bonds. The maximum Gasteiger partial charge on any atom is 0.328 e. The van der Waals surface area contributed by atoms with Gasteiger partial charge in [-0.1, -0.05) is 19.1 Å². The molecule has 2 N–H and O–H groups in total. The number of aliphatic hydroxyl groups is 1. The van der Waals surface area contributed by atoms with Crippen molar-refractivity contribution in [1.29, 1.82) is 0 Å². The van der Waals surface area contributed by atoms with Crippen LogP contribution in [0.3, 0.4) is 0 Å². The number of amides is 1. The van der Waals surface area contributed by atoms with Crippen LogP contribution in [0.2, 0.25) is 0 Å². The van der Waals surface area contributed by atoms with Gasteiger partial charge in [-0.25, -0.2) is 4.79 Å². The van der Waals surface area contributed by atoms with Crippen LogP contribution in [0.15, 0.2) is 12.2 Å². The van der Waals surface area contributed by atoms with Crippen molar-refractivity contribution in [2.45, 2.75) is 38.3 Å². The summed E-state index contributed by atoms with van der Waals surface area (Å²) in [6.45, 7) is 2.44. The molecule has 0 aliphatic carbocycles. The predicted octanol–water partition coefficient (Wildman–Crippen LogP) is 0.152. The third-order valence-electron chi connectivity index (χ3n) is 2.62. The van der Waals surface area contributed by atoms with Crippen LogP contribution >= 0.6 is 0 Å². The van der Waals surface area contributed by atoms with Crippen molar-refractivity contribution in [3.63, 3.8) is 0 Å². The van der Waals surface area contributed by atoms with Gasteiger partial charge in [0.1, 0.15) is 18.8 Å². The van der Waals surface area contributed by atoms with Gasteiger partial charge in [0.15, 0.2) is 0 Å². The van der Waals surface area contributed by atoms with Crippen LogP contribution in [0.4, 0.5) is 0 Å². The fraction of sp³-hybridized carbons (Fsp3) is 0.692. The van der Waals surface area contributed by atoms with Gasteiger partial charge in [0, 0.05) is 6.42 Å². The third-order valence-corrected chi connectivity index (χ3v) is 2.62. The van der Waals surface area contributed by atoms with Crippen LogP contribution in [0.1, 0.15) is 26.2 Å². The minimum atomic E-state index is -0.851. The minimum Gasteiger partial charge on any atom is -0.461 e. The second kappa shape index (κ2) is 8.66. The highest BCUT2D eigenvalue weighted by Crippen LogP contribution is 2.08. The lowest BCUT2D eigenvalue weighted by molar-refractivity contribution is -0.150. The Morgan fingerprint density at radius 3 is 2.95 bits per heavy atom. The quantitative estimate of drug-likeness (QED) is 0.373. The molecule has 0 saturated carbocycles. The van der Waals surface area contributed by atoms with E-state index in [1.807, 2.05) is 19.1 Å². The molecule has 1 fully saturated rings. The fourth-order valence-corrected chi connectivity index (χ4v) is 1.62. The van der Waals surface area contributed by atoms with Crippen molar-refractivity contribution < 1.29 is 24.2 Å². The molecule has 1 heterocycles. The minimum absolute atomic E-state index is 0.109. The molecule has 0 radical (unpaired) electrons. The van der Waals surface area contributed by atoms with E-state index in [2.05, 4.69) is 5.32 Å². The summed E-state index contributed by atoms with van der Waals surface area (Å²) in [6.07, 6.45) is 4.72. The van der Waals surface area contributed by atoms with E-state index in [9.17, 15) is 14.7 Å². The highest BCUT2D eigenvalue weighted by Gasteiger charge is 2.28. The van der Waals surface area contributed by atoms with Crippen molar-refractivity contribution in [2.24, 2.45) is 0 Å². The van der Waals surface area contributed by atoms with Gasteiger partial charge < -0.3 is 19.9 Å². The number of aliphatic hydroxyl groups excluding tert-OH is 1. The number of carbonyl (C=O) groups excluding carboxylic acids is 2. The van der Waals surface area contributed by atoms with E-state index in [0.29, 0.717) is 19.4 Å². The lowest BCUT2D eigenvalue weighted by atomic mass is 10.2. The van der Waals surface area contributed by atoms with Gasteiger partial charge in [0.25, 0.3) is 0 Å². The van der Waals surface area contributed by atoms with E-state index in [0.717, 1.165) is 6.42 Å². The molecule has 1 aliphatic heterocycles. The Morgan fingerprint density at radius 2 is 2.32 bits per heavy atom. The molecule has 0 spiro atoms. The SMILES string of the molecule is CCC=CCOCC(O)COC(=O)C1CCC(=O)N1. The zero-order valence-electron chi connectivity index (χ0n) is 11.1. The molecule has 6 heteroatoms. The molecule has 0 aromatic heterocycles. The van der Waals surface area contributed by atoms with Crippen LogP contribution in [-0.4, -0.2) is 48.9 Å².